The van der Waals surface area contributed by atoms with E-state index in [1.165, 1.54) is 7.05 Å². The van der Waals surface area contributed by atoms with Gasteiger partial charge in [-0.1, -0.05) is 26.0 Å². The molecule has 0 atom stereocenters. The molecule has 13 heteroatoms. The Balaban J connectivity index is 1.85. The van der Waals surface area contributed by atoms with Gasteiger partial charge >= 0.3 is 6.18 Å². The second kappa shape index (κ2) is 8.78. The lowest BCUT2D eigenvalue weighted by atomic mass is 9.93. The molecule has 0 unspecified atom stereocenters. The van der Waals surface area contributed by atoms with Gasteiger partial charge in [-0.25, -0.2) is 17.7 Å². The molecule has 1 amide bonds. The van der Waals surface area contributed by atoms with E-state index in [1.807, 2.05) is 0 Å². The van der Waals surface area contributed by atoms with E-state index in [1.54, 1.807) is 32.0 Å². The van der Waals surface area contributed by atoms with E-state index in [0.717, 1.165) is 16.1 Å². The summed E-state index contributed by atoms with van der Waals surface area (Å²) in [6.45, 7) is 3.56. The molecular weight excluding hydrogens is 461 g/mol. The molecule has 0 bridgehead atoms. The fourth-order valence-electron chi connectivity index (χ4n) is 3.36. The van der Waals surface area contributed by atoms with Crippen LogP contribution in [0.2, 0.25) is 0 Å². The van der Waals surface area contributed by atoms with E-state index < -0.39 is 33.0 Å². The summed E-state index contributed by atoms with van der Waals surface area (Å²) in [5.41, 5.74) is -0.00687. The maximum atomic E-state index is 13.5. The molecule has 1 aromatic heterocycles. The molecule has 1 aliphatic heterocycles. The molecule has 9 nitrogen and oxygen atoms in total. The fraction of sp³-hybridized carbons (Fsp3) is 0.450. The number of nitrogens with zero attached hydrogens (tertiary/aromatic N) is 3. The van der Waals surface area contributed by atoms with Gasteiger partial charge in [0, 0.05) is 26.3 Å². The summed E-state index contributed by atoms with van der Waals surface area (Å²) >= 11 is 0. The summed E-state index contributed by atoms with van der Waals surface area (Å²) in [6, 6.07) is 5.14. The number of hydrogen-bond donors (Lipinski definition) is 3. The van der Waals surface area contributed by atoms with Crippen molar-refractivity contribution in [2.24, 2.45) is 5.41 Å². The number of carbonyl (C=O) groups is 1. The standard InChI is InChI=1S/C20H25F3N6O3S/c1-19(2,11-29(3)33(4,31)32)10-25-17-13(20(21,22)23)9-24-18(28-17)26-14-7-5-6-12-8-15(30)27-16(12)14/h5-7,9H,8,10-11H2,1-4H3,(H,27,30)(H2,24,25,26,28). The van der Waals surface area contributed by atoms with Gasteiger partial charge in [0.05, 0.1) is 24.1 Å². The average Bonchev–Trinajstić information content (AvgIpc) is 3.06. The Kier molecular flexibility index (Phi) is 6.58. The molecule has 3 rings (SSSR count). The number of alkyl halides is 3. The summed E-state index contributed by atoms with van der Waals surface area (Å²) in [5, 5.41) is 8.27. The molecule has 33 heavy (non-hydrogen) atoms. The smallest absolute Gasteiger partial charge is 0.369 e. The predicted octanol–water partition coefficient (Wildman–Crippen LogP) is 3.06. The van der Waals surface area contributed by atoms with E-state index in [4.69, 9.17) is 0 Å². The van der Waals surface area contributed by atoms with Gasteiger partial charge < -0.3 is 16.0 Å². The molecule has 1 aliphatic rings. The highest BCUT2D eigenvalue weighted by Gasteiger charge is 2.36. The Morgan fingerprint density at radius 3 is 2.58 bits per heavy atom. The number of carbonyl (C=O) groups excluding carboxylic acids is 1. The maximum Gasteiger partial charge on any atom is 0.421 e. The highest BCUT2D eigenvalue weighted by atomic mass is 32.2. The first-order chi connectivity index (χ1) is 15.2. The van der Waals surface area contributed by atoms with Crippen molar-refractivity contribution >= 4 is 39.1 Å². The number of nitrogens with one attached hydrogen (secondary N) is 3. The highest BCUT2D eigenvalue weighted by molar-refractivity contribution is 7.88. The van der Waals surface area contributed by atoms with Crippen LogP contribution in [0.25, 0.3) is 0 Å². The van der Waals surface area contributed by atoms with Crippen molar-refractivity contribution < 1.29 is 26.4 Å². The molecule has 0 spiro atoms. The van der Waals surface area contributed by atoms with Gasteiger partial charge in [-0.2, -0.15) is 18.2 Å². The quantitative estimate of drug-likeness (QED) is 0.525. The molecule has 1 aromatic carbocycles. The zero-order valence-corrected chi connectivity index (χ0v) is 19.4. The summed E-state index contributed by atoms with van der Waals surface area (Å²) < 4.78 is 65.1. The third-order valence-electron chi connectivity index (χ3n) is 5.06. The van der Waals surface area contributed by atoms with Crippen LogP contribution in [0, 0.1) is 5.41 Å². The van der Waals surface area contributed by atoms with Gasteiger partial charge in [-0.15, -0.1) is 0 Å². The summed E-state index contributed by atoms with van der Waals surface area (Å²) in [6.07, 6.45) is -2.75. The molecule has 0 saturated carbocycles. The van der Waals surface area contributed by atoms with Gasteiger partial charge in [0.15, 0.2) is 0 Å². The van der Waals surface area contributed by atoms with Crippen LogP contribution in [-0.4, -0.2) is 55.0 Å². The first kappa shape index (κ1) is 24.7. The minimum Gasteiger partial charge on any atom is -0.369 e. The maximum absolute atomic E-state index is 13.5. The van der Waals surface area contributed by atoms with E-state index >= 15 is 0 Å². The van der Waals surface area contributed by atoms with Crippen LogP contribution in [-0.2, 0) is 27.4 Å². The average molecular weight is 487 g/mol. The van der Waals surface area contributed by atoms with Crippen LogP contribution in [0.4, 0.5) is 36.3 Å². The zero-order chi connectivity index (χ0) is 24.6. The van der Waals surface area contributed by atoms with E-state index in [2.05, 4.69) is 25.9 Å². The molecule has 0 radical (unpaired) electrons. The van der Waals surface area contributed by atoms with Crippen LogP contribution in [0.15, 0.2) is 24.4 Å². The number of para-hydroxylation sites is 1. The van der Waals surface area contributed by atoms with Crippen LogP contribution in [0.3, 0.4) is 0 Å². The molecule has 0 fully saturated rings. The Morgan fingerprint density at radius 2 is 1.94 bits per heavy atom. The Labute approximate surface area is 189 Å². The van der Waals surface area contributed by atoms with E-state index in [9.17, 15) is 26.4 Å². The van der Waals surface area contributed by atoms with E-state index in [0.29, 0.717) is 17.6 Å². The highest BCUT2D eigenvalue weighted by Crippen LogP contribution is 2.36. The minimum absolute atomic E-state index is 0.0170. The van der Waals surface area contributed by atoms with Gasteiger partial charge in [0.25, 0.3) is 0 Å². The summed E-state index contributed by atoms with van der Waals surface area (Å²) in [5.74, 6) is -0.714. The van der Waals surface area contributed by atoms with Crippen molar-refractivity contribution in [2.45, 2.75) is 26.4 Å². The molecule has 0 aliphatic carbocycles. The number of sulfonamides is 1. The lowest BCUT2D eigenvalue weighted by molar-refractivity contribution is -0.137. The Morgan fingerprint density at radius 1 is 1.24 bits per heavy atom. The molecule has 3 N–H and O–H groups in total. The van der Waals surface area contributed by atoms with Crippen LogP contribution in [0.1, 0.15) is 25.0 Å². The number of aromatic nitrogens is 2. The largest absolute Gasteiger partial charge is 0.421 e. The second-order valence-electron chi connectivity index (χ2n) is 8.68. The van der Waals surface area contributed by atoms with Crippen LogP contribution < -0.4 is 16.0 Å². The summed E-state index contributed by atoms with van der Waals surface area (Å²) in [4.78, 5) is 19.5. The number of anilines is 4. The molecule has 2 aromatic rings. The monoisotopic (exact) mass is 486 g/mol. The fourth-order valence-corrected chi connectivity index (χ4v) is 3.94. The number of amides is 1. The number of halogens is 3. The van der Waals surface area contributed by atoms with E-state index in [-0.39, 0.29) is 31.4 Å². The van der Waals surface area contributed by atoms with Crippen molar-refractivity contribution in [2.75, 3.05) is 42.3 Å². The Bertz CT molecular complexity index is 1170. The predicted molar refractivity (Wildman–Crippen MR) is 119 cm³/mol. The van der Waals surface area contributed by atoms with Crippen LogP contribution in [0.5, 0.6) is 0 Å². The number of benzene rings is 1. The van der Waals surface area contributed by atoms with Gasteiger partial charge in [-0.05, 0) is 17.0 Å². The number of fused-ring (bicyclic) bond motifs is 1. The third kappa shape index (κ3) is 6.11. The molecule has 2 heterocycles. The summed E-state index contributed by atoms with van der Waals surface area (Å²) in [7, 11) is -2.04. The number of rotatable bonds is 8. The normalized spacial score (nSPS) is 14.2. The van der Waals surface area contributed by atoms with Crippen molar-refractivity contribution in [3.8, 4) is 0 Å². The molecule has 0 saturated heterocycles. The lowest BCUT2D eigenvalue weighted by Crippen LogP contribution is -2.39. The zero-order valence-electron chi connectivity index (χ0n) is 18.5. The van der Waals surface area contributed by atoms with Gasteiger partial charge in [0.2, 0.25) is 21.9 Å². The van der Waals surface area contributed by atoms with Crippen molar-refractivity contribution in [3.05, 3.63) is 35.5 Å². The van der Waals surface area contributed by atoms with Crippen molar-refractivity contribution in [3.63, 3.8) is 0 Å². The minimum atomic E-state index is -4.70. The number of hydrogen-bond acceptors (Lipinski definition) is 7. The van der Waals surface area contributed by atoms with Gasteiger partial charge in [-0.3, -0.25) is 4.79 Å². The third-order valence-corrected chi connectivity index (χ3v) is 6.32. The van der Waals surface area contributed by atoms with Gasteiger partial charge in [0.1, 0.15) is 11.4 Å². The molecule has 180 valence electrons. The first-order valence-corrected chi connectivity index (χ1v) is 11.8. The van der Waals surface area contributed by atoms with Crippen molar-refractivity contribution in [1.82, 2.24) is 14.3 Å². The van der Waals surface area contributed by atoms with Crippen molar-refractivity contribution in [1.29, 1.82) is 0 Å². The topological polar surface area (TPSA) is 116 Å². The SMILES string of the molecule is CN(CC(C)(C)CNc1nc(Nc2cccc3c2NC(=O)C3)ncc1C(F)(F)F)S(C)(=O)=O. The Hall–Kier alpha value is -2.93. The molecular formula is C20H25F3N6O3S. The van der Waals surface area contributed by atoms with Crippen LogP contribution >= 0.6 is 0 Å². The lowest BCUT2D eigenvalue weighted by Gasteiger charge is -2.30. The first-order valence-electron chi connectivity index (χ1n) is 9.94. The second-order valence-corrected chi connectivity index (χ2v) is 10.8.